The molecule has 0 bridgehead atoms. The van der Waals surface area contributed by atoms with Crippen molar-refractivity contribution >= 4 is 11.8 Å². The van der Waals surface area contributed by atoms with Crippen LogP contribution in [0.25, 0.3) is 0 Å². The van der Waals surface area contributed by atoms with Crippen LogP contribution >= 0.6 is 0 Å². The Morgan fingerprint density at radius 2 is 1.40 bits per heavy atom. The number of benzene rings is 1. The lowest BCUT2D eigenvalue weighted by Crippen LogP contribution is -2.28. The molecule has 0 heterocycles. The molecule has 0 aromatic heterocycles. The molecule has 0 aliphatic rings. The van der Waals surface area contributed by atoms with E-state index in [-0.39, 0.29) is 11.7 Å². The zero-order valence-corrected chi connectivity index (χ0v) is 19.5. The molecule has 1 atom stereocenters. The Balaban J connectivity index is 2.67. The molecule has 1 rings (SSSR count). The molecule has 0 fully saturated rings. The summed E-state index contributed by atoms with van der Waals surface area (Å²) in [5.41, 5.74) is 0.303. The summed E-state index contributed by atoms with van der Waals surface area (Å²) in [6, 6.07) is 5.16. The van der Waals surface area contributed by atoms with E-state index in [0.717, 1.165) is 19.3 Å². The van der Waals surface area contributed by atoms with E-state index in [2.05, 4.69) is 6.92 Å². The number of Topliss-reactive ketones (excluding diaryl/α,β-unsaturated/α-hetero) is 1. The first-order valence-corrected chi connectivity index (χ1v) is 11.4. The molecule has 0 amide bonds. The number of carbonyl (C=O) groups is 2. The molecule has 0 spiro atoms. The summed E-state index contributed by atoms with van der Waals surface area (Å²) in [6.07, 6.45) is 9.84. The maximum Gasteiger partial charge on any atom is 0.316 e. The highest BCUT2D eigenvalue weighted by Gasteiger charge is 2.33. The summed E-state index contributed by atoms with van der Waals surface area (Å²) < 4.78 is 16.2. The smallest absolute Gasteiger partial charge is 0.316 e. The van der Waals surface area contributed by atoms with Gasteiger partial charge >= 0.3 is 5.97 Å². The normalized spacial score (nSPS) is 11.9. The predicted molar refractivity (Wildman–Crippen MR) is 120 cm³/mol. The third kappa shape index (κ3) is 8.76. The van der Waals surface area contributed by atoms with E-state index in [0.29, 0.717) is 30.1 Å². The third-order valence-corrected chi connectivity index (χ3v) is 5.22. The van der Waals surface area contributed by atoms with Crippen LogP contribution in [0.4, 0.5) is 0 Å². The lowest BCUT2D eigenvalue weighted by molar-refractivity contribution is -0.147. The van der Waals surface area contributed by atoms with Crippen LogP contribution in [0.3, 0.4) is 0 Å². The zero-order chi connectivity index (χ0) is 22.4. The summed E-state index contributed by atoms with van der Waals surface area (Å²) in [4.78, 5) is 26.1. The SMILES string of the molecule is CCCCCCCCCCOC(=O)C(CC(C)C)C(=O)c1c(OC)cccc1OC. The third-order valence-electron chi connectivity index (χ3n) is 5.22. The van der Waals surface area contributed by atoms with Crippen LogP contribution in [0.5, 0.6) is 11.5 Å². The molecule has 1 aromatic rings. The summed E-state index contributed by atoms with van der Waals surface area (Å²) in [5.74, 6) is -0.629. The fourth-order valence-corrected chi connectivity index (χ4v) is 3.56. The highest BCUT2D eigenvalue weighted by molar-refractivity contribution is 6.11. The molecule has 0 saturated heterocycles. The molecule has 1 aromatic carbocycles. The Bertz CT molecular complexity index is 616. The van der Waals surface area contributed by atoms with Gasteiger partial charge in [-0.05, 0) is 30.9 Å². The lowest BCUT2D eigenvalue weighted by atomic mass is 9.89. The fraction of sp³-hybridized carbons (Fsp3) is 0.680. The molecule has 5 nitrogen and oxygen atoms in total. The van der Waals surface area contributed by atoms with E-state index in [1.54, 1.807) is 18.2 Å². The zero-order valence-electron chi connectivity index (χ0n) is 19.5. The van der Waals surface area contributed by atoms with Gasteiger partial charge in [-0.25, -0.2) is 0 Å². The van der Waals surface area contributed by atoms with Crippen LogP contribution in [0, 0.1) is 11.8 Å². The van der Waals surface area contributed by atoms with Gasteiger partial charge in [0.15, 0.2) is 5.78 Å². The molecule has 0 radical (unpaired) electrons. The number of carbonyl (C=O) groups excluding carboxylic acids is 2. The van der Waals surface area contributed by atoms with Crippen LogP contribution in [0.2, 0.25) is 0 Å². The van der Waals surface area contributed by atoms with Gasteiger partial charge in [0.1, 0.15) is 23.0 Å². The van der Waals surface area contributed by atoms with Gasteiger partial charge in [-0.15, -0.1) is 0 Å². The Kier molecular flexibility index (Phi) is 12.9. The number of rotatable bonds is 16. The van der Waals surface area contributed by atoms with Crippen LogP contribution in [-0.4, -0.2) is 32.6 Å². The summed E-state index contributed by atoms with van der Waals surface area (Å²) >= 11 is 0. The Labute approximate surface area is 182 Å². The van der Waals surface area contributed by atoms with Crippen LogP contribution < -0.4 is 9.47 Å². The van der Waals surface area contributed by atoms with Gasteiger partial charge in [-0.1, -0.05) is 71.8 Å². The summed E-state index contributed by atoms with van der Waals surface area (Å²) in [7, 11) is 3.01. The van der Waals surface area contributed by atoms with Crippen molar-refractivity contribution in [2.45, 2.75) is 78.6 Å². The molecule has 0 aliphatic carbocycles. The second kappa shape index (κ2) is 14.9. The van der Waals surface area contributed by atoms with E-state index in [4.69, 9.17) is 14.2 Å². The number of esters is 1. The molecule has 0 aliphatic heterocycles. The number of hydrogen-bond acceptors (Lipinski definition) is 5. The Morgan fingerprint density at radius 1 is 0.867 bits per heavy atom. The molecule has 0 saturated carbocycles. The van der Waals surface area contributed by atoms with E-state index in [1.165, 1.54) is 46.3 Å². The first kappa shape index (κ1) is 26.0. The average molecular weight is 421 g/mol. The number of hydrogen-bond donors (Lipinski definition) is 0. The van der Waals surface area contributed by atoms with E-state index in [9.17, 15) is 9.59 Å². The van der Waals surface area contributed by atoms with Crippen molar-refractivity contribution in [1.29, 1.82) is 0 Å². The van der Waals surface area contributed by atoms with Gasteiger partial charge in [0.25, 0.3) is 0 Å². The minimum atomic E-state index is -0.857. The number of ketones is 1. The van der Waals surface area contributed by atoms with Gasteiger partial charge in [0, 0.05) is 0 Å². The molecule has 30 heavy (non-hydrogen) atoms. The molecule has 170 valence electrons. The topological polar surface area (TPSA) is 61.8 Å². The highest BCUT2D eigenvalue weighted by Crippen LogP contribution is 2.32. The summed E-state index contributed by atoms with van der Waals surface area (Å²) in [5, 5.41) is 0. The van der Waals surface area contributed by atoms with E-state index < -0.39 is 11.9 Å². The van der Waals surface area contributed by atoms with Gasteiger partial charge in [-0.3, -0.25) is 9.59 Å². The van der Waals surface area contributed by atoms with Crippen LogP contribution in [0.15, 0.2) is 18.2 Å². The fourth-order valence-electron chi connectivity index (χ4n) is 3.56. The number of methoxy groups -OCH3 is 2. The Hall–Kier alpha value is -2.04. The highest BCUT2D eigenvalue weighted by atomic mass is 16.5. The Morgan fingerprint density at radius 3 is 1.90 bits per heavy atom. The molecule has 5 heteroatoms. The largest absolute Gasteiger partial charge is 0.496 e. The summed E-state index contributed by atoms with van der Waals surface area (Å²) in [6.45, 7) is 6.56. The molecule has 1 unspecified atom stereocenters. The first-order valence-electron chi connectivity index (χ1n) is 11.4. The second-order valence-corrected chi connectivity index (χ2v) is 8.23. The standard InChI is InChI=1S/C25H40O5/c1-6-7-8-9-10-11-12-13-17-30-25(27)20(18-19(2)3)24(26)23-21(28-4)15-14-16-22(23)29-5/h14-16,19-20H,6-13,17-18H2,1-5H3. The van der Waals surface area contributed by atoms with Crippen molar-refractivity contribution in [2.75, 3.05) is 20.8 Å². The molecular formula is C25H40O5. The van der Waals surface area contributed by atoms with Gasteiger partial charge in [0.2, 0.25) is 0 Å². The second-order valence-electron chi connectivity index (χ2n) is 8.23. The minimum absolute atomic E-state index is 0.176. The monoisotopic (exact) mass is 420 g/mol. The van der Waals surface area contributed by atoms with Crippen molar-refractivity contribution < 1.29 is 23.8 Å². The van der Waals surface area contributed by atoms with Crippen molar-refractivity contribution in [1.82, 2.24) is 0 Å². The number of unbranched alkanes of at least 4 members (excludes halogenated alkanes) is 7. The first-order chi connectivity index (χ1) is 14.5. The predicted octanol–water partition coefficient (Wildman–Crippen LogP) is 6.23. The molecular weight excluding hydrogens is 380 g/mol. The quantitative estimate of drug-likeness (QED) is 0.137. The van der Waals surface area contributed by atoms with Crippen molar-refractivity contribution in [3.63, 3.8) is 0 Å². The lowest BCUT2D eigenvalue weighted by Gasteiger charge is -2.19. The van der Waals surface area contributed by atoms with E-state index >= 15 is 0 Å². The van der Waals surface area contributed by atoms with Crippen LogP contribution in [-0.2, 0) is 9.53 Å². The van der Waals surface area contributed by atoms with Crippen LogP contribution in [0.1, 0.15) is 88.9 Å². The average Bonchev–Trinajstić information content (AvgIpc) is 2.74. The van der Waals surface area contributed by atoms with E-state index in [1.807, 2.05) is 13.8 Å². The van der Waals surface area contributed by atoms with Crippen molar-refractivity contribution in [2.24, 2.45) is 11.8 Å². The van der Waals surface area contributed by atoms with Crippen molar-refractivity contribution in [3.05, 3.63) is 23.8 Å². The van der Waals surface area contributed by atoms with Gasteiger partial charge < -0.3 is 14.2 Å². The molecule has 0 N–H and O–H groups in total. The maximum absolute atomic E-state index is 13.3. The maximum atomic E-state index is 13.3. The van der Waals surface area contributed by atoms with Gasteiger partial charge in [0.05, 0.1) is 20.8 Å². The number of ether oxygens (including phenoxy) is 3. The van der Waals surface area contributed by atoms with Crippen molar-refractivity contribution in [3.8, 4) is 11.5 Å². The minimum Gasteiger partial charge on any atom is -0.496 e. The van der Waals surface area contributed by atoms with Gasteiger partial charge in [-0.2, -0.15) is 0 Å².